The first-order valence-corrected chi connectivity index (χ1v) is 8.41. The van der Waals surface area contributed by atoms with Crippen LogP contribution >= 0.6 is 0 Å². The maximum absolute atomic E-state index is 12.7. The molecular formula is C14H17N5O2S. The van der Waals surface area contributed by atoms with Crippen molar-refractivity contribution in [2.45, 2.75) is 4.90 Å². The van der Waals surface area contributed by atoms with Gasteiger partial charge in [-0.15, -0.1) is 0 Å². The first-order chi connectivity index (χ1) is 10.6. The van der Waals surface area contributed by atoms with Gasteiger partial charge in [-0.05, 0) is 18.2 Å². The van der Waals surface area contributed by atoms with E-state index in [1.54, 1.807) is 36.5 Å². The summed E-state index contributed by atoms with van der Waals surface area (Å²) in [5.41, 5.74) is 6.88. The van der Waals surface area contributed by atoms with E-state index in [1.165, 1.54) is 4.31 Å². The van der Waals surface area contributed by atoms with Gasteiger partial charge in [-0.1, -0.05) is 12.1 Å². The van der Waals surface area contributed by atoms with Gasteiger partial charge in [0, 0.05) is 37.9 Å². The molecule has 0 atom stereocenters. The standard InChI is InChI=1S/C14H17N5O2S/c15-14-17-5-4-13(18-14)11-2-1-3-12(10-11)22(20,21)19-8-6-16-7-9-19/h1-5,10,16H,6-9H2,(H2,15,17,18). The Hall–Kier alpha value is -2.03. The first kappa shape index (κ1) is 14.9. The number of nitrogens with zero attached hydrogens (tertiary/aromatic N) is 3. The third-order valence-electron chi connectivity index (χ3n) is 3.52. The van der Waals surface area contributed by atoms with Crippen LogP contribution < -0.4 is 11.1 Å². The molecule has 0 bridgehead atoms. The van der Waals surface area contributed by atoms with Gasteiger partial charge in [-0.3, -0.25) is 0 Å². The summed E-state index contributed by atoms with van der Waals surface area (Å²) in [7, 11) is -3.48. The molecule has 0 spiro atoms. The predicted octanol–water partition coefficient (Wildman–Crippen LogP) is 0.320. The molecule has 3 rings (SSSR count). The Morgan fingerprint density at radius 2 is 1.95 bits per heavy atom. The molecule has 7 nitrogen and oxygen atoms in total. The van der Waals surface area contributed by atoms with Crippen molar-refractivity contribution in [3.05, 3.63) is 36.5 Å². The van der Waals surface area contributed by atoms with E-state index in [2.05, 4.69) is 15.3 Å². The van der Waals surface area contributed by atoms with Gasteiger partial charge in [0.2, 0.25) is 16.0 Å². The monoisotopic (exact) mass is 319 g/mol. The number of anilines is 1. The van der Waals surface area contributed by atoms with Gasteiger partial charge in [-0.2, -0.15) is 4.31 Å². The average molecular weight is 319 g/mol. The number of hydrogen-bond donors (Lipinski definition) is 2. The molecule has 0 radical (unpaired) electrons. The zero-order chi connectivity index (χ0) is 15.6. The lowest BCUT2D eigenvalue weighted by atomic mass is 10.1. The van der Waals surface area contributed by atoms with Crippen LogP contribution in [-0.2, 0) is 10.0 Å². The normalized spacial score (nSPS) is 16.5. The number of sulfonamides is 1. The minimum atomic E-state index is -3.48. The van der Waals surface area contributed by atoms with Gasteiger partial charge < -0.3 is 11.1 Å². The van der Waals surface area contributed by atoms with Gasteiger partial charge in [0.05, 0.1) is 10.6 Å². The molecule has 0 unspecified atom stereocenters. The Labute approximate surface area is 129 Å². The maximum Gasteiger partial charge on any atom is 0.243 e. The van der Waals surface area contributed by atoms with Gasteiger partial charge in [-0.25, -0.2) is 18.4 Å². The Morgan fingerprint density at radius 3 is 2.68 bits per heavy atom. The highest BCUT2D eigenvalue weighted by Gasteiger charge is 2.26. The number of nitrogen functional groups attached to an aromatic ring is 1. The molecule has 2 aromatic rings. The molecule has 8 heteroatoms. The Balaban J connectivity index is 1.97. The fourth-order valence-electron chi connectivity index (χ4n) is 2.38. The van der Waals surface area contributed by atoms with Gasteiger partial charge in [0.15, 0.2) is 0 Å². The van der Waals surface area contributed by atoms with Gasteiger partial charge in [0.25, 0.3) is 0 Å². The van der Waals surface area contributed by atoms with Crippen LogP contribution in [0.1, 0.15) is 0 Å². The molecule has 3 N–H and O–H groups in total. The van der Waals surface area contributed by atoms with Crippen molar-refractivity contribution in [3.63, 3.8) is 0 Å². The van der Waals surface area contributed by atoms with E-state index in [9.17, 15) is 8.42 Å². The van der Waals surface area contributed by atoms with Crippen molar-refractivity contribution in [2.24, 2.45) is 0 Å². The summed E-state index contributed by atoms with van der Waals surface area (Å²) >= 11 is 0. The SMILES string of the molecule is Nc1nccc(-c2cccc(S(=O)(=O)N3CCNCC3)c2)n1. The fraction of sp³-hybridized carbons (Fsp3) is 0.286. The molecule has 1 fully saturated rings. The second kappa shape index (κ2) is 5.99. The van der Waals surface area contributed by atoms with Crippen LogP contribution in [0.15, 0.2) is 41.4 Å². The molecule has 1 aromatic carbocycles. The summed E-state index contributed by atoms with van der Waals surface area (Å²) in [4.78, 5) is 8.24. The molecule has 1 saturated heterocycles. The summed E-state index contributed by atoms with van der Waals surface area (Å²) in [6, 6.07) is 8.44. The van der Waals surface area contributed by atoms with Crippen LogP contribution in [0.4, 0.5) is 5.95 Å². The quantitative estimate of drug-likeness (QED) is 0.845. The number of aromatic nitrogens is 2. The Kier molecular flexibility index (Phi) is 4.06. The highest BCUT2D eigenvalue weighted by atomic mass is 32.2. The van der Waals surface area contributed by atoms with E-state index in [1.807, 2.05) is 0 Å². The van der Waals surface area contributed by atoms with E-state index in [0.717, 1.165) is 0 Å². The first-order valence-electron chi connectivity index (χ1n) is 6.97. The fourth-order valence-corrected chi connectivity index (χ4v) is 3.87. The van der Waals surface area contributed by atoms with Crippen molar-refractivity contribution in [1.82, 2.24) is 19.6 Å². The smallest absolute Gasteiger partial charge is 0.243 e. The van der Waals surface area contributed by atoms with E-state index < -0.39 is 10.0 Å². The number of piperazine rings is 1. The highest BCUT2D eigenvalue weighted by Crippen LogP contribution is 2.23. The van der Waals surface area contributed by atoms with E-state index in [4.69, 9.17) is 5.73 Å². The lowest BCUT2D eigenvalue weighted by Crippen LogP contribution is -2.46. The second-order valence-electron chi connectivity index (χ2n) is 4.98. The summed E-state index contributed by atoms with van der Waals surface area (Å²) in [5, 5.41) is 3.14. The Morgan fingerprint density at radius 1 is 1.18 bits per heavy atom. The molecule has 22 heavy (non-hydrogen) atoms. The zero-order valence-corrected chi connectivity index (χ0v) is 12.8. The van der Waals surface area contributed by atoms with Gasteiger partial charge >= 0.3 is 0 Å². The van der Waals surface area contributed by atoms with Crippen molar-refractivity contribution in [2.75, 3.05) is 31.9 Å². The summed E-state index contributed by atoms with van der Waals surface area (Å²) in [6.07, 6.45) is 1.55. The Bertz CT molecular complexity index is 772. The number of nitrogens with one attached hydrogen (secondary N) is 1. The molecule has 0 aliphatic carbocycles. The third kappa shape index (κ3) is 2.94. The van der Waals surface area contributed by atoms with Crippen LogP contribution in [0, 0.1) is 0 Å². The van der Waals surface area contributed by atoms with Crippen LogP contribution in [0.2, 0.25) is 0 Å². The minimum absolute atomic E-state index is 0.160. The van der Waals surface area contributed by atoms with Crippen LogP contribution in [0.5, 0.6) is 0 Å². The van der Waals surface area contributed by atoms with E-state index >= 15 is 0 Å². The predicted molar refractivity (Wildman–Crippen MR) is 83.5 cm³/mol. The number of rotatable bonds is 3. The molecule has 1 aliphatic heterocycles. The molecule has 1 aliphatic rings. The molecule has 2 heterocycles. The van der Waals surface area contributed by atoms with Crippen molar-refractivity contribution in [3.8, 4) is 11.3 Å². The lowest BCUT2D eigenvalue weighted by Gasteiger charge is -2.26. The lowest BCUT2D eigenvalue weighted by molar-refractivity contribution is 0.360. The maximum atomic E-state index is 12.7. The molecule has 0 amide bonds. The molecule has 116 valence electrons. The topological polar surface area (TPSA) is 101 Å². The summed E-state index contributed by atoms with van der Waals surface area (Å²) in [6.45, 7) is 2.29. The van der Waals surface area contributed by atoms with Crippen LogP contribution in [-0.4, -0.2) is 48.9 Å². The zero-order valence-electron chi connectivity index (χ0n) is 11.9. The molecular weight excluding hydrogens is 302 g/mol. The average Bonchev–Trinajstić information content (AvgIpc) is 2.56. The van der Waals surface area contributed by atoms with Crippen molar-refractivity contribution >= 4 is 16.0 Å². The minimum Gasteiger partial charge on any atom is -0.368 e. The largest absolute Gasteiger partial charge is 0.368 e. The van der Waals surface area contributed by atoms with E-state index in [-0.39, 0.29) is 10.8 Å². The van der Waals surface area contributed by atoms with E-state index in [0.29, 0.717) is 37.4 Å². The van der Waals surface area contributed by atoms with Crippen molar-refractivity contribution < 1.29 is 8.42 Å². The molecule has 0 saturated carbocycles. The summed E-state index contributed by atoms with van der Waals surface area (Å²) < 4.78 is 26.9. The highest BCUT2D eigenvalue weighted by molar-refractivity contribution is 7.89. The third-order valence-corrected chi connectivity index (χ3v) is 5.41. The van der Waals surface area contributed by atoms with Crippen LogP contribution in [0.25, 0.3) is 11.3 Å². The van der Waals surface area contributed by atoms with Gasteiger partial charge in [0.1, 0.15) is 0 Å². The second-order valence-corrected chi connectivity index (χ2v) is 6.92. The number of nitrogens with two attached hydrogens (primary N) is 1. The number of benzene rings is 1. The molecule has 1 aromatic heterocycles. The summed E-state index contributed by atoms with van der Waals surface area (Å²) in [5.74, 6) is 0.160. The van der Waals surface area contributed by atoms with Crippen LogP contribution in [0.3, 0.4) is 0 Å². The number of hydrogen-bond acceptors (Lipinski definition) is 6. The van der Waals surface area contributed by atoms with Crippen molar-refractivity contribution in [1.29, 1.82) is 0 Å².